The summed E-state index contributed by atoms with van der Waals surface area (Å²) in [4.78, 5) is 7.71. The van der Waals surface area contributed by atoms with Gasteiger partial charge < -0.3 is 0 Å². The molecule has 10 heteroatoms. The molecule has 0 bridgehead atoms. The SMILES string of the molecule is Cc1cc(Cl)nc(NS(=O)(=O)c2c(Cl)cnn2C)n1. The number of aromatic nitrogens is 4. The number of hydrogen-bond donors (Lipinski definition) is 1. The van der Waals surface area contributed by atoms with Gasteiger partial charge in [-0.25, -0.2) is 14.7 Å². The lowest BCUT2D eigenvalue weighted by atomic mass is 10.5. The summed E-state index contributed by atoms with van der Waals surface area (Å²) in [7, 11) is -2.47. The molecular weight excluding hydrogens is 313 g/mol. The summed E-state index contributed by atoms with van der Waals surface area (Å²) in [6.07, 6.45) is 1.24. The molecule has 2 heterocycles. The standard InChI is InChI=1S/C9H9Cl2N5O2S/c1-5-3-7(11)14-9(13-5)15-19(17,18)8-6(10)4-12-16(8)2/h3-4H,1-2H3,(H,13,14,15). The second-order valence-corrected chi connectivity index (χ2v) is 6.07. The molecule has 2 rings (SSSR count). The van der Waals surface area contributed by atoms with Gasteiger partial charge >= 0.3 is 0 Å². The fourth-order valence-corrected chi connectivity index (χ4v) is 3.29. The van der Waals surface area contributed by atoms with E-state index < -0.39 is 10.0 Å². The highest BCUT2D eigenvalue weighted by Crippen LogP contribution is 2.22. The Morgan fingerprint density at radius 3 is 2.53 bits per heavy atom. The quantitative estimate of drug-likeness (QED) is 0.868. The summed E-state index contributed by atoms with van der Waals surface area (Å²) < 4.78 is 27.6. The van der Waals surface area contributed by atoms with E-state index in [0.717, 1.165) is 4.68 Å². The number of hydrogen-bond acceptors (Lipinski definition) is 5. The highest BCUT2D eigenvalue weighted by Gasteiger charge is 2.24. The predicted molar refractivity (Wildman–Crippen MR) is 70.8 cm³/mol. The molecule has 19 heavy (non-hydrogen) atoms. The number of sulfonamides is 1. The molecule has 0 fully saturated rings. The van der Waals surface area contributed by atoms with Crippen molar-refractivity contribution >= 4 is 39.2 Å². The van der Waals surface area contributed by atoms with E-state index in [1.807, 2.05) is 0 Å². The Hall–Kier alpha value is -1.38. The first kappa shape index (κ1) is 14.0. The van der Waals surface area contributed by atoms with Crippen molar-refractivity contribution in [3.05, 3.63) is 28.1 Å². The van der Waals surface area contributed by atoms with Crippen LogP contribution < -0.4 is 4.72 Å². The van der Waals surface area contributed by atoms with Gasteiger partial charge in [-0.15, -0.1) is 0 Å². The number of nitrogens with zero attached hydrogens (tertiary/aromatic N) is 4. The van der Waals surface area contributed by atoms with E-state index in [0.29, 0.717) is 5.69 Å². The topological polar surface area (TPSA) is 89.8 Å². The maximum Gasteiger partial charge on any atom is 0.282 e. The highest BCUT2D eigenvalue weighted by molar-refractivity contribution is 7.92. The predicted octanol–water partition coefficient (Wildman–Crippen LogP) is 1.63. The fourth-order valence-electron chi connectivity index (χ4n) is 1.45. The maximum atomic E-state index is 12.1. The average Bonchev–Trinajstić information content (AvgIpc) is 2.56. The van der Waals surface area contributed by atoms with Gasteiger partial charge in [0.1, 0.15) is 5.15 Å². The van der Waals surface area contributed by atoms with E-state index >= 15 is 0 Å². The summed E-state index contributed by atoms with van der Waals surface area (Å²) in [5.41, 5.74) is 0.536. The molecule has 7 nitrogen and oxygen atoms in total. The third kappa shape index (κ3) is 2.96. The van der Waals surface area contributed by atoms with Crippen molar-refractivity contribution < 1.29 is 8.42 Å². The van der Waals surface area contributed by atoms with Gasteiger partial charge in [0.2, 0.25) is 5.95 Å². The first-order valence-corrected chi connectivity index (χ1v) is 7.25. The molecule has 0 unspecified atom stereocenters. The maximum absolute atomic E-state index is 12.1. The van der Waals surface area contributed by atoms with Crippen molar-refractivity contribution in [1.82, 2.24) is 19.7 Å². The Bertz CT molecular complexity index is 688. The van der Waals surface area contributed by atoms with Crippen LogP contribution in [-0.2, 0) is 17.1 Å². The van der Waals surface area contributed by atoms with Crippen molar-refractivity contribution in [2.45, 2.75) is 11.9 Å². The molecule has 0 aliphatic heterocycles. The first-order chi connectivity index (χ1) is 8.79. The van der Waals surface area contributed by atoms with Crippen molar-refractivity contribution in [3.8, 4) is 0 Å². The van der Waals surface area contributed by atoms with Gasteiger partial charge in [0.05, 0.1) is 11.2 Å². The van der Waals surface area contributed by atoms with E-state index in [2.05, 4.69) is 19.8 Å². The van der Waals surface area contributed by atoms with Crippen LogP contribution in [0.25, 0.3) is 0 Å². The van der Waals surface area contributed by atoms with Gasteiger partial charge in [-0.1, -0.05) is 23.2 Å². The number of anilines is 1. The zero-order chi connectivity index (χ0) is 14.2. The lowest BCUT2D eigenvalue weighted by Crippen LogP contribution is -2.18. The van der Waals surface area contributed by atoms with E-state index in [9.17, 15) is 8.42 Å². The molecule has 102 valence electrons. The third-order valence-electron chi connectivity index (χ3n) is 2.15. The van der Waals surface area contributed by atoms with E-state index in [-0.39, 0.29) is 21.2 Å². The monoisotopic (exact) mass is 321 g/mol. The molecule has 0 aliphatic carbocycles. The van der Waals surface area contributed by atoms with Crippen LogP contribution >= 0.6 is 23.2 Å². The van der Waals surface area contributed by atoms with Crippen LogP contribution in [0, 0.1) is 6.92 Å². The van der Waals surface area contributed by atoms with Gasteiger partial charge in [-0.05, 0) is 13.0 Å². The Kier molecular flexibility index (Phi) is 3.66. The smallest absolute Gasteiger partial charge is 0.254 e. The van der Waals surface area contributed by atoms with Gasteiger partial charge in [-0.3, -0.25) is 4.68 Å². The second-order valence-electron chi connectivity index (χ2n) is 3.68. The van der Waals surface area contributed by atoms with E-state index in [1.54, 1.807) is 6.92 Å². The molecule has 0 atom stereocenters. The fraction of sp³-hybridized carbons (Fsp3) is 0.222. The summed E-state index contributed by atoms with van der Waals surface area (Å²) in [5.74, 6) is -0.123. The zero-order valence-electron chi connectivity index (χ0n) is 9.92. The minimum Gasteiger partial charge on any atom is -0.254 e. The van der Waals surface area contributed by atoms with E-state index in [4.69, 9.17) is 23.2 Å². The Morgan fingerprint density at radius 1 is 1.32 bits per heavy atom. The minimum atomic E-state index is -3.93. The molecule has 2 aromatic rings. The average molecular weight is 322 g/mol. The molecular formula is C9H9Cl2N5O2S. The van der Waals surface area contributed by atoms with Crippen molar-refractivity contribution in [2.24, 2.45) is 7.05 Å². The number of rotatable bonds is 3. The number of nitrogens with one attached hydrogen (secondary N) is 1. The van der Waals surface area contributed by atoms with Crippen molar-refractivity contribution in [3.63, 3.8) is 0 Å². The number of aryl methyl sites for hydroxylation is 2. The highest BCUT2D eigenvalue weighted by atomic mass is 35.5. The van der Waals surface area contributed by atoms with E-state index in [1.165, 1.54) is 19.3 Å². The van der Waals surface area contributed by atoms with Crippen LogP contribution in [0.1, 0.15) is 5.69 Å². The summed E-state index contributed by atoms with van der Waals surface area (Å²) in [6, 6.07) is 1.51. The van der Waals surface area contributed by atoms with Gasteiger partial charge in [0.15, 0.2) is 5.03 Å². The van der Waals surface area contributed by atoms with Crippen LogP contribution in [0.4, 0.5) is 5.95 Å². The minimum absolute atomic E-state index is 0.00810. The summed E-state index contributed by atoms with van der Waals surface area (Å²) in [5, 5.41) is 3.74. The molecule has 0 radical (unpaired) electrons. The van der Waals surface area contributed by atoms with Gasteiger partial charge in [0, 0.05) is 12.7 Å². The Balaban J connectivity index is 2.42. The van der Waals surface area contributed by atoms with Crippen molar-refractivity contribution in [1.29, 1.82) is 0 Å². The second kappa shape index (κ2) is 4.95. The van der Waals surface area contributed by atoms with Crippen LogP contribution in [0.15, 0.2) is 17.3 Å². The van der Waals surface area contributed by atoms with Crippen LogP contribution in [-0.4, -0.2) is 28.2 Å². The third-order valence-corrected chi connectivity index (χ3v) is 4.17. The molecule has 0 spiro atoms. The zero-order valence-corrected chi connectivity index (χ0v) is 12.3. The molecule has 1 N–H and O–H groups in total. The molecule has 0 saturated carbocycles. The van der Waals surface area contributed by atoms with Crippen molar-refractivity contribution in [2.75, 3.05) is 4.72 Å². The van der Waals surface area contributed by atoms with Crippen LogP contribution in [0.3, 0.4) is 0 Å². The molecule has 0 amide bonds. The molecule has 0 saturated heterocycles. The first-order valence-electron chi connectivity index (χ1n) is 5.01. The molecule has 0 aliphatic rings. The van der Waals surface area contributed by atoms with Crippen LogP contribution in [0.5, 0.6) is 0 Å². The lowest BCUT2D eigenvalue weighted by molar-refractivity contribution is 0.581. The largest absolute Gasteiger partial charge is 0.282 e. The molecule has 2 aromatic heterocycles. The van der Waals surface area contributed by atoms with Crippen LogP contribution in [0.2, 0.25) is 10.2 Å². The number of halogens is 2. The Morgan fingerprint density at radius 2 is 2.00 bits per heavy atom. The van der Waals surface area contributed by atoms with Gasteiger partial charge in [-0.2, -0.15) is 13.5 Å². The Labute approximate surface area is 119 Å². The lowest BCUT2D eigenvalue weighted by Gasteiger charge is -2.07. The summed E-state index contributed by atoms with van der Waals surface area (Å²) in [6.45, 7) is 1.67. The normalized spacial score (nSPS) is 11.6. The van der Waals surface area contributed by atoms with Gasteiger partial charge in [0.25, 0.3) is 10.0 Å². The summed E-state index contributed by atoms with van der Waals surface area (Å²) >= 11 is 11.5. The molecule has 0 aromatic carbocycles.